The molecule has 0 saturated carbocycles. The van der Waals surface area contributed by atoms with Crippen molar-refractivity contribution in [2.45, 2.75) is 39.5 Å². The molecule has 0 aliphatic rings. The van der Waals surface area contributed by atoms with Gasteiger partial charge < -0.3 is 0 Å². The van der Waals surface area contributed by atoms with E-state index >= 15 is 0 Å². The van der Waals surface area contributed by atoms with Crippen LogP contribution in [0.1, 0.15) is 50.8 Å². The first-order valence-corrected chi connectivity index (χ1v) is 6.15. The lowest BCUT2D eigenvalue weighted by Crippen LogP contribution is -1.92. The first-order chi connectivity index (χ1) is 8.61. The van der Waals surface area contributed by atoms with Crippen molar-refractivity contribution >= 4 is 0 Å². The molecule has 0 N–H and O–H groups in total. The summed E-state index contributed by atoms with van der Waals surface area (Å²) in [4.78, 5) is 0. The van der Waals surface area contributed by atoms with E-state index in [0.29, 0.717) is 11.8 Å². The van der Waals surface area contributed by atoms with Crippen LogP contribution >= 0.6 is 0 Å². The van der Waals surface area contributed by atoms with E-state index in [1.807, 2.05) is 18.2 Å². The summed E-state index contributed by atoms with van der Waals surface area (Å²) in [6.45, 7) is 8.47. The van der Waals surface area contributed by atoms with E-state index < -0.39 is 0 Å². The van der Waals surface area contributed by atoms with Gasteiger partial charge in [0.1, 0.15) is 0 Å². The van der Waals surface area contributed by atoms with E-state index in [4.69, 9.17) is 0 Å². The van der Waals surface area contributed by atoms with Crippen LogP contribution in [0.15, 0.2) is 36.8 Å². The van der Waals surface area contributed by atoms with Crippen molar-refractivity contribution in [3.8, 4) is 0 Å². The minimum atomic E-state index is 0.485. The number of rotatable bonds is 2. The van der Waals surface area contributed by atoms with Crippen molar-refractivity contribution in [3.63, 3.8) is 0 Å². The maximum atomic E-state index is 3.93. The van der Waals surface area contributed by atoms with E-state index in [0.717, 1.165) is 5.69 Å². The van der Waals surface area contributed by atoms with Crippen molar-refractivity contribution in [3.05, 3.63) is 48.0 Å². The van der Waals surface area contributed by atoms with Gasteiger partial charge in [-0.2, -0.15) is 20.4 Å². The van der Waals surface area contributed by atoms with Crippen LogP contribution in [0.4, 0.5) is 0 Å². The van der Waals surface area contributed by atoms with E-state index in [1.54, 1.807) is 18.6 Å². The molecule has 2 rings (SSSR count). The first-order valence-electron chi connectivity index (χ1n) is 6.15. The molecule has 0 radical (unpaired) electrons. The summed E-state index contributed by atoms with van der Waals surface area (Å²) in [6, 6.07) is 5.87. The number of nitrogens with zero attached hydrogens (tertiary/aromatic N) is 4. The zero-order valence-corrected chi connectivity index (χ0v) is 11.4. The molecule has 96 valence electrons. The van der Waals surface area contributed by atoms with Crippen LogP contribution in [-0.4, -0.2) is 20.4 Å². The summed E-state index contributed by atoms with van der Waals surface area (Å²) in [5.41, 5.74) is 2.29. The van der Waals surface area contributed by atoms with Crippen molar-refractivity contribution in [1.82, 2.24) is 20.4 Å². The average Bonchev–Trinajstić information content (AvgIpc) is 2.41. The molecule has 0 aliphatic heterocycles. The van der Waals surface area contributed by atoms with Crippen molar-refractivity contribution in [2.24, 2.45) is 0 Å². The van der Waals surface area contributed by atoms with E-state index in [2.05, 4.69) is 48.1 Å². The fourth-order valence-electron chi connectivity index (χ4n) is 1.26. The fourth-order valence-corrected chi connectivity index (χ4v) is 1.26. The topological polar surface area (TPSA) is 51.6 Å². The SMILES string of the molecule is CC(C)c1cccnn1.CC(C)c1ccnnc1. The summed E-state index contributed by atoms with van der Waals surface area (Å²) in [5.74, 6) is 1.04. The van der Waals surface area contributed by atoms with Gasteiger partial charge in [0.05, 0.1) is 11.9 Å². The molecule has 0 aliphatic carbocycles. The molecule has 2 heterocycles. The third-order valence-corrected chi connectivity index (χ3v) is 2.46. The van der Waals surface area contributed by atoms with Gasteiger partial charge in [0.2, 0.25) is 0 Å². The Kier molecular flexibility index (Phi) is 5.91. The van der Waals surface area contributed by atoms with Gasteiger partial charge in [0, 0.05) is 12.4 Å². The Morgan fingerprint density at radius 1 is 0.833 bits per heavy atom. The molecule has 0 bridgehead atoms. The van der Waals surface area contributed by atoms with Gasteiger partial charge >= 0.3 is 0 Å². The van der Waals surface area contributed by atoms with Crippen LogP contribution in [0.5, 0.6) is 0 Å². The summed E-state index contributed by atoms with van der Waals surface area (Å²) in [5, 5.41) is 15.1. The molecule has 2 aromatic heterocycles. The summed E-state index contributed by atoms with van der Waals surface area (Å²) >= 11 is 0. The Bertz CT molecular complexity index is 383. The summed E-state index contributed by atoms with van der Waals surface area (Å²) in [6.07, 6.45) is 5.20. The van der Waals surface area contributed by atoms with Gasteiger partial charge in [-0.3, -0.25) is 0 Å². The van der Waals surface area contributed by atoms with E-state index in [9.17, 15) is 0 Å². The summed E-state index contributed by atoms with van der Waals surface area (Å²) in [7, 11) is 0. The van der Waals surface area contributed by atoms with Crippen LogP contribution in [-0.2, 0) is 0 Å². The maximum absolute atomic E-state index is 3.93. The Morgan fingerprint density at radius 3 is 1.94 bits per heavy atom. The highest BCUT2D eigenvalue weighted by Gasteiger charge is 1.96. The Morgan fingerprint density at radius 2 is 1.61 bits per heavy atom. The largest absolute Gasteiger partial charge is 0.159 e. The molecule has 4 nitrogen and oxygen atoms in total. The lowest BCUT2D eigenvalue weighted by atomic mass is 10.1. The third kappa shape index (κ3) is 4.99. The minimum absolute atomic E-state index is 0.485. The van der Waals surface area contributed by atoms with Crippen molar-refractivity contribution in [1.29, 1.82) is 0 Å². The standard InChI is InChI=1S/2C7H10N2/c1-6(2)7-3-4-8-9-5-7;1-6(2)7-4-3-5-8-9-7/h2*3-6H,1-2H3. The average molecular weight is 244 g/mol. The smallest absolute Gasteiger partial charge is 0.0656 e. The monoisotopic (exact) mass is 244 g/mol. The molecule has 0 aromatic carbocycles. The second-order valence-electron chi connectivity index (χ2n) is 4.63. The predicted molar refractivity (Wildman–Crippen MR) is 72.2 cm³/mol. The lowest BCUT2D eigenvalue weighted by Gasteiger charge is -2.00. The van der Waals surface area contributed by atoms with Gasteiger partial charge in [-0.05, 0) is 35.6 Å². The van der Waals surface area contributed by atoms with E-state index in [1.165, 1.54) is 5.56 Å². The van der Waals surface area contributed by atoms with Crippen molar-refractivity contribution in [2.75, 3.05) is 0 Å². The van der Waals surface area contributed by atoms with Gasteiger partial charge in [-0.25, -0.2) is 0 Å². The van der Waals surface area contributed by atoms with Crippen LogP contribution in [0, 0.1) is 0 Å². The second kappa shape index (κ2) is 7.48. The van der Waals surface area contributed by atoms with Crippen molar-refractivity contribution < 1.29 is 0 Å². The molecule has 0 fully saturated rings. The summed E-state index contributed by atoms with van der Waals surface area (Å²) < 4.78 is 0. The van der Waals surface area contributed by atoms with E-state index in [-0.39, 0.29) is 0 Å². The van der Waals surface area contributed by atoms with Gasteiger partial charge in [-0.15, -0.1) is 0 Å². The van der Waals surface area contributed by atoms with Gasteiger partial charge in [-0.1, -0.05) is 27.7 Å². The van der Waals surface area contributed by atoms with Crippen LogP contribution in [0.25, 0.3) is 0 Å². The van der Waals surface area contributed by atoms with Crippen LogP contribution in [0.2, 0.25) is 0 Å². The highest BCUT2D eigenvalue weighted by atomic mass is 15.1. The molecule has 0 amide bonds. The number of hydrogen-bond donors (Lipinski definition) is 0. The Balaban J connectivity index is 0.000000180. The third-order valence-electron chi connectivity index (χ3n) is 2.46. The zero-order valence-electron chi connectivity index (χ0n) is 11.4. The molecule has 0 spiro atoms. The van der Waals surface area contributed by atoms with Crippen LogP contribution in [0.3, 0.4) is 0 Å². The highest BCUT2D eigenvalue weighted by Crippen LogP contribution is 2.09. The molecule has 0 saturated heterocycles. The molecule has 0 atom stereocenters. The molecule has 18 heavy (non-hydrogen) atoms. The quantitative estimate of drug-likeness (QED) is 0.814. The molecular weight excluding hydrogens is 224 g/mol. The fraction of sp³-hybridized carbons (Fsp3) is 0.429. The first kappa shape index (κ1) is 14.2. The predicted octanol–water partition coefficient (Wildman–Crippen LogP) is 3.20. The zero-order chi connectivity index (χ0) is 13.4. The molecule has 0 unspecified atom stereocenters. The minimum Gasteiger partial charge on any atom is -0.159 e. The van der Waals surface area contributed by atoms with Crippen LogP contribution < -0.4 is 0 Å². The molecular formula is C14H20N4. The molecule has 2 aromatic rings. The Labute approximate surface area is 108 Å². The number of aromatic nitrogens is 4. The highest BCUT2D eigenvalue weighted by molar-refractivity contribution is 5.09. The number of hydrogen-bond acceptors (Lipinski definition) is 4. The molecule has 4 heteroatoms. The lowest BCUT2D eigenvalue weighted by molar-refractivity contribution is 0.785. The maximum Gasteiger partial charge on any atom is 0.0656 e. The van der Waals surface area contributed by atoms with Gasteiger partial charge in [0.25, 0.3) is 0 Å². The second-order valence-corrected chi connectivity index (χ2v) is 4.63. The normalized spacial score (nSPS) is 10.1. The van der Waals surface area contributed by atoms with Gasteiger partial charge in [0.15, 0.2) is 0 Å². The Hall–Kier alpha value is -1.84.